The van der Waals surface area contributed by atoms with Gasteiger partial charge in [-0.1, -0.05) is 29.4 Å². The number of aryl methyl sites for hydroxylation is 1. The zero-order valence-corrected chi connectivity index (χ0v) is 20.3. The molecule has 2 aromatic carbocycles. The Morgan fingerprint density at radius 3 is 2.54 bits per heavy atom. The normalized spacial score (nSPS) is 14.5. The van der Waals surface area contributed by atoms with E-state index >= 15 is 0 Å². The van der Waals surface area contributed by atoms with Gasteiger partial charge in [-0.25, -0.2) is 0 Å². The third kappa shape index (κ3) is 5.83. The number of oxime groups is 1. The Morgan fingerprint density at radius 1 is 1.08 bits per heavy atom. The highest BCUT2D eigenvalue weighted by atomic mass is 16.4. The average Bonchev–Trinajstić information content (AvgIpc) is 2.92. The Hall–Kier alpha value is -4.54. The van der Waals surface area contributed by atoms with Crippen molar-refractivity contribution in [3.63, 3.8) is 0 Å². The summed E-state index contributed by atoms with van der Waals surface area (Å²) in [4.78, 5) is 37.9. The summed E-state index contributed by atoms with van der Waals surface area (Å²) >= 11 is 0. The van der Waals surface area contributed by atoms with Crippen LogP contribution in [0.15, 0.2) is 47.6 Å². The first-order valence-electron chi connectivity index (χ1n) is 11.9. The maximum absolute atomic E-state index is 12.7. The number of amidine groups is 1. The molecule has 2 amide bonds. The van der Waals surface area contributed by atoms with Gasteiger partial charge in [-0.3, -0.25) is 14.4 Å². The van der Waals surface area contributed by atoms with E-state index < -0.39 is 11.9 Å². The first-order valence-corrected chi connectivity index (χ1v) is 11.9. The fourth-order valence-electron chi connectivity index (χ4n) is 4.45. The molecule has 5 N–H and O–H groups in total. The van der Waals surface area contributed by atoms with Gasteiger partial charge in [0.1, 0.15) is 0 Å². The van der Waals surface area contributed by atoms with Crippen molar-refractivity contribution in [1.82, 2.24) is 20.4 Å². The Kier molecular flexibility index (Phi) is 7.61. The molecule has 0 saturated carbocycles. The van der Waals surface area contributed by atoms with Gasteiger partial charge in [0, 0.05) is 41.4 Å². The van der Waals surface area contributed by atoms with Crippen molar-refractivity contribution in [3.05, 3.63) is 70.5 Å². The molecule has 0 spiro atoms. The molecule has 3 aromatic rings. The predicted octanol–water partition coefficient (Wildman–Crippen LogP) is 1.68. The number of carboxylic acid groups (broad SMARTS) is 1. The summed E-state index contributed by atoms with van der Waals surface area (Å²) in [7, 11) is 0. The molecule has 1 fully saturated rings. The Morgan fingerprint density at radius 2 is 1.84 bits per heavy atom. The van der Waals surface area contributed by atoms with Crippen LogP contribution in [0.4, 0.5) is 0 Å². The number of fused-ring (bicyclic) bond motifs is 1. The quantitative estimate of drug-likeness (QED) is 0.163. The molecule has 2 heterocycles. The maximum Gasteiger partial charge on any atom is 0.306 e. The van der Waals surface area contributed by atoms with Crippen LogP contribution in [0.1, 0.15) is 45.7 Å². The smallest absolute Gasteiger partial charge is 0.306 e. The maximum atomic E-state index is 12.7. The van der Waals surface area contributed by atoms with Crippen LogP contribution >= 0.6 is 0 Å². The minimum absolute atomic E-state index is 0.00148. The summed E-state index contributed by atoms with van der Waals surface area (Å²) in [5.74, 6) is -1.87. The number of carbonyl (C=O) groups is 3. The van der Waals surface area contributed by atoms with Crippen LogP contribution in [0.2, 0.25) is 0 Å². The number of aromatic nitrogens is 2. The second-order valence-electron chi connectivity index (χ2n) is 9.03. The van der Waals surface area contributed by atoms with Crippen molar-refractivity contribution in [1.29, 1.82) is 0 Å². The van der Waals surface area contributed by atoms with E-state index in [4.69, 9.17) is 16.0 Å². The molecular formula is C26H28N6O5. The molecule has 1 aliphatic heterocycles. The van der Waals surface area contributed by atoms with E-state index in [1.807, 2.05) is 19.1 Å². The Balaban J connectivity index is 1.43. The molecule has 0 atom stereocenters. The fraction of sp³-hybridized carbons (Fsp3) is 0.308. The molecule has 0 aliphatic carbocycles. The number of hydrogen-bond acceptors (Lipinski definition) is 7. The van der Waals surface area contributed by atoms with E-state index in [1.54, 1.807) is 35.2 Å². The molecule has 0 unspecified atom stereocenters. The third-order valence-corrected chi connectivity index (χ3v) is 6.60. The number of nitrogens with two attached hydrogens (primary N) is 1. The molecule has 11 heteroatoms. The second kappa shape index (κ2) is 11.0. The molecule has 0 bridgehead atoms. The molecule has 1 aromatic heterocycles. The molecule has 37 heavy (non-hydrogen) atoms. The molecule has 0 radical (unpaired) electrons. The van der Waals surface area contributed by atoms with Crippen molar-refractivity contribution in [2.24, 2.45) is 16.8 Å². The Bertz CT molecular complexity index is 1380. The molecule has 11 nitrogen and oxygen atoms in total. The molecular weight excluding hydrogens is 476 g/mol. The van der Waals surface area contributed by atoms with Gasteiger partial charge in [0.2, 0.25) is 5.91 Å². The van der Waals surface area contributed by atoms with E-state index in [1.165, 1.54) is 0 Å². The zero-order chi connectivity index (χ0) is 26.5. The fourth-order valence-corrected chi connectivity index (χ4v) is 4.45. The van der Waals surface area contributed by atoms with E-state index in [0.29, 0.717) is 54.9 Å². The lowest BCUT2D eigenvalue weighted by molar-refractivity contribution is -0.145. The number of likely N-dealkylation sites (tertiary alicyclic amines) is 1. The average molecular weight is 505 g/mol. The summed E-state index contributed by atoms with van der Waals surface area (Å²) < 4.78 is 0. The summed E-state index contributed by atoms with van der Waals surface area (Å²) in [6.45, 7) is 2.41. The predicted molar refractivity (Wildman–Crippen MR) is 135 cm³/mol. The lowest BCUT2D eigenvalue weighted by Gasteiger charge is -2.30. The van der Waals surface area contributed by atoms with Crippen molar-refractivity contribution in [3.8, 4) is 0 Å². The van der Waals surface area contributed by atoms with Crippen LogP contribution in [0.5, 0.6) is 0 Å². The number of nitrogens with zero attached hydrogens (tertiary/aromatic N) is 4. The number of nitrogens with one attached hydrogen (secondary N) is 1. The van der Waals surface area contributed by atoms with Crippen LogP contribution in [0.25, 0.3) is 10.8 Å². The number of hydrogen-bond donors (Lipinski definition) is 4. The SMILES string of the molecule is Cc1nnc(Cc2cccc(C(=O)NCC(=O)N3CCC(C(=O)O)CC3)c2)c2ccc(/C(N)=N/O)cc12. The number of rotatable bonds is 7. The molecule has 192 valence electrons. The lowest BCUT2D eigenvalue weighted by Crippen LogP contribution is -2.45. The highest BCUT2D eigenvalue weighted by Gasteiger charge is 2.27. The topological polar surface area (TPSA) is 171 Å². The largest absolute Gasteiger partial charge is 0.481 e. The summed E-state index contributed by atoms with van der Waals surface area (Å²) in [5, 5.41) is 34.1. The second-order valence-corrected chi connectivity index (χ2v) is 9.03. The van der Waals surface area contributed by atoms with Gasteiger partial charge >= 0.3 is 5.97 Å². The molecule has 1 saturated heterocycles. The third-order valence-electron chi connectivity index (χ3n) is 6.60. The first-order chi connectivity index (χ1) is 17.8. The minimum atomic E-state index is -0.838. The number of carbonyl (C=O) groups excluding carboxylic acids is 2. The van der Waals surface area contributed by atoms with Crippen molar-refractivity contribution in [2.45, 2.75) is 26.2 Å². The van der Waals surface area contributed by atoms with Crippen LogP contribution in [-0.2, 0) is 16.0 Å². The van der Waals surface area contributed by atoms with Gasteiger partial charge in [-0.05, 0) is 43.5 Å². The van der Waals surface area contributed by atoms with Gasteiger partial charge in [0.05, 0.1) is 23.9 Å². The molecule has 1 aliphatic rings. The van der Waals surface area contributed by atoms with Crippen LogP contribution in [0.3, 0.4) is 0 Å². The van der Waals surface area contributed by atoms with Crippen LogP contribution < -0.4 is 11.1 Å². The first kappa shape index (κ1) is 25.5. The van der Waals surface area contributed by atoms with Crippen molar-refractivity contribution < 1.29 is 24.7 Å². The summed E-state index contributed by atoms with van der Waals surface area (Å²) in [6.07, 6.45) is 1.25. The number of amides is 2. The highest BCUT2D eigenvalue weighted by Crippen LogP contribution is 2.23. The van der Waals surface area contributed by atoms with Gasteiger partial charge in [-0.15, -0.1) is 0 Å². The van der Waals surface area contributed by atoms with Gasteiger partial charge in [0.25, 0.3) is 5.91 Å². The minimum Gasteiger partial charge on any atom is -0.481 e. The van der Waals surface area contributed by atoms with E-state index in [2.05, 4.69) is 20.7 Å². The van der Waals surface area contributed by atoms with Crippen molar-refractivity contribution >= 4 is 34.4 Å². The monoisotopic (exact) mass is 504 g/mol. The number of aliphatic carboxylic acids is 1. The van der Waals surface area contributed by atoms with E-state index in [9.17, 15) is 14.4 Å². The van der Waals surface area contributed by atoms with E-state index in [0.717, 1.165) is 16.3 Å². The number of carboxylic acids is 1. The van der Waals surface area contributed by atoms with E-state index in [-0.39, 0.29) is 24.2 Å². The van der Waals surface area contributed by atoms with Gasteiger partial charge < -0.3 is 26.3 Å². The van der Waals surface area contributed by atoms with Gasteiger partial charge in [-0.2, -0.15) is 10.2 Å². The lowest BCUT2D eigenvalue weighted by atomic mass is 9.97. The van der Waals surface area contributed by atoms with Crippen LogP contribution in [0, 0.1) is 12.8 Å². The van der Waals surface area contributed by atoms with Crippen molar-refractivity contribution in [2.75, 3.05) is 19.6 Å². The summed E-state index contributed by atoms with van der Waals surface area (Å²) in [5.41, 5.74) is 8.96. The number of benzene rings is 2. The van der Waals surface area contributed by atoms with Crippen LogP contribution in [-0.4, -0.2) is 68.7 Å². The number of piperidine rings is 1. The molecule has 4 rings (SSSR count). The zero-order valence-electron chi connectivity index (χ0n) is 20.3. The Labute approximate surface area is 213 Å². The summed E-state index contributed by atoms with van der Waals surface area (Å²) in [6, 6.07) is 12.5. The standard InChI is InChI=1S/C26H28N6O5/c1-15-21-13-18(24(27)31-37)5-6-20(21)22(30-29-15)12-16-3-2-4-19(11-16)25(34)28-14-23(33)32-9-7-17(8-10-32)26(35)36/h2-6,11,13,17,37H,7-10,12,14H2,1H3,(H2,27,31)(H,28,34)(H,35,36). The highest BCUT2D eigenvalue weighted by molar-refractivity contribution is 6.01. The van der Waals surface area contributed by atoms with Gasteiger partial charge in [0.15, 0.2) is 5.84 Å².